The minimum Gasteiger partial charge on any atom is -0.438 e. The van der Waals surface area contributed by atoms with Crippen LogP contribution in [0.5, 0.6) is 0 Å². The molecular weight excluding hydrogens is 332 g/mol. The van der Waals surface area contributed by atoms with Gasteiger partial charge >= 0.3 is 0 Å². The van der Waals surface area contributed by atoms with E-state index >= 15 is 0 Å². The number of hydrogen-bond acceptors (Lipinski definition) is 6. The van der Waals surface area contributed by atoms with E-state index in [1.165, 1.54) is 12.8 Å². The lowest BCUT2D eigenvalue weighted by molar-refractivity contribution is 0.456. The van der Waals surface area contributed by atoms with Crippen molar-refractivity contribution in [2.45, 2.75) is 43.6 Å². The van der Waals surface area contributed by atoms with Gasteiger partial charge in [-0.25, -0.2) is 15.0 Å². The predicted octanol–water partition coefficient (Wildman–Crippen LogP) is 5.13. The molecule has 0 amide bonds. The fourth-order valence-electron chi connectivity index (χ4n) is 3.21. The second kappa shape index (κ2) is 6.88. The van der Waals surface area contributed by atoms with Gasteiger partial charge in [-0.15, -0.1) is 12.6 Å². The molecule has 3 aromatic rings. The third-order valence-corrected chi connectivity index (χ3v) is 4.79. The van der Waals surface area contributed by atoms with E-state index in [9.17, 15) is 0 Å². The number of anilines is 2. The van der Waals surface area contributed by atoms with Crippen LogP contribution in [0.15, 0.2) is 46.0 Å². The predicted molar refractivity (Wildman–Crippen MR) is 100 cm³/mol. The van der Waals surface area contributed by atoms with Crippen molar-refractivity contribution < 1.29 is 4.42 Å². The van der Waals surface area contributed by atoms with Crippen LogP contribution < -0.4 is 5.32 Å². The quantitative estimate of drug-likeness (QED) is 0.637. The van der Waals surface area contributed by atoms with Crippen LogP contribution in [0.1, 0.15) is 43.1 Å². The van der Waals surface area contributed by atoms with Crippen LogP contribution in [0.4, 0.5) is 11.6 Å². The Labute approximate surface area is 152 Å². The van der Waals surface area contributed by atoms with Gasteiger partial charge in [-0.2, -0.15) is 0 Å². The molecule has 3 aromatic heterocycles. The molecule has 0 aromatic carbocycles. The molecule has 128 valence electrons. The Hall–Kier alpha value is -2.34. The third kappa shape index (κ3) is 3.54. The fourth-order valence-corrected chi connectivity index (χ4v) is 3.47. The molecule has 0 spiro atoms. The lowest BCUT2D eigenvalue weighted by atomic mass is 10.1. The van der Waals surface area contributed by atoms with Gasteiger partial charge in [0.25, 0.3) is 0 Å². The van der Waals surface area contributed by atoms with E-state index in [-0.39, 0.29) is 0 Å². The normalized spacial score (nSPS) is 14.8. The molecule has 0 saturated heterocycles. The van der Waals surface area contributed by atoms with Crippen molar-refractivity contribution >= 4 is 24.3 Å². The number of hydrogen-bond donors (Lipinski definition) is 2. The van der Waals surface area contributed by atoms with Crippen LogP contribution >= 0.6 is 12.6 Å². The van der Waals surface area contributed by atoms with E-state index in [4.69, 9.17) is 4.42 Å². The Morgan fingerprint density at radius 1 is 1.12 bits per heavy atom. The number of aromatic nitrogens is 3. The highest BCUT2D eigenvalue weighted by molar-refractivity contribution is 7.80. The summed E-state index contributed by atoms with van der Waals surface area (Å²) < 4.78 is 6.02. The first-order valence-electron chi connectivity index (χ1n) is 8.56. The van der Waals surface area contributed by atoms with Crippen LogP contribution in [0.2, 0.25) is 0 Å². The summed E-state index contributed by atoms with van der Waals surface area (Å²) in [6, 6.07) is 9.69. The average Bonchev–Trinajstić information content (AvgIpc) is 3.24. The fraction of sp³-hybridized carbons (Fsp3) is 0.316. The third-order valence-electron chi connectivity index (χ3n) is 4.48. The maximum atomic E-state index is 6.02. The Morgan fingerprint density at radius 3 is 2.76 bits per heavy atom. The van der Waals surface area contributed by atoms with E-state index in [2.05, 4.69) is 32.9 Å². The molecule has 1 saturated carbocycles. The molecule has 3 heterocycles. The van der Waals surface area contributed by atoms with Gasteiger partial charge in [-0.1, -0.05) is 18.9 Å². The van der Waals surface area contributed by atoms with E-state index in [1.807, 2.05) is 37.3 Å². The summed E-state index contributed by atoms with van der Waals surface area (Å²) >= 11 is 4.49. The second-order valence-corrected chi connectivity index (χ2v) is 6.86. The molecule has 0 radical (unpaired) electrons. The Balaban J connectivity index is 1.61. The Morgan fingerprint density at radius 2 is 1.96 bits per heavy atom. The van der Waals surface area contributed by atoms with E-state index in [0.29, 0.717) is 22.5 Å². The number of nitrogens with one attached hydrogen (secondary N) is 1. The van der Waals surface area contributed by atoms with Crippen molar-refractivity contribution in [2.75, 3.05) is 5.32 Å². The second-order valence-electron chi connectivity index (χ2n) is 6.44. The molecule has 1 aliphatic rings. The number of pyridine rings is 2. The van der Waals surface area contributed by atoms with Gasteiger partial charge in [0, 0.05) is 12.1 Å². The van der Waals surface area contributed by atoms with Gasteiger partial charge < -0.3 is 9.73 Å². The molecular formula is C19H20N4OS. The zero-order valence-corrected chi connectivity index (χ0v) is 15.0. The van der Waals surface area contributed by atoms with Crippen molar-refractivity contribution in [3.05, 3.63) is 48.0 Å². The van der Waals surface area contributed by atoms with Crippen LogP contribution in [0.25, 0.3) is 11.5 Å². The van der Waals surface area contributed by atoms with Gasteiger partial charge in [0.05, 0.1) is 0 Å². The van der Waals surface area contributed by atoms with Crippen LogP contribution in [0, 0.1) is 6.92 Å². The molecule has 0 bridgehead atoms. The van der Waals surface area contributed by atoms with Gasteiger partial charge in [0.15, 0.2) is 11.7 Å². The van der Waals surface area contributed by atoms with Crippen molar-refractivity contribution in [1.82, 2.24) is 15.0 Å². The number of rotatable bonds is 4. The topological polar surface area (TPSA) is 63.8 Å². The first kappa shape index (κ1) is 16.1. The summed E-state index contributed by atoms with van der Waals surface area (Å²) in [7, 11) is 0. The molecule has 1 fully saturated rings. The lowest BCUT2D eigenvalue weighted by Gasteiger charge is -2.06. The first-order chi connectivity index (χ1) is 12.2. The summed E-state index contributed by atoms with van der Waals surface area (Å²) in [4.78, 5) is 13.5. The number of aryl methyl sites for hydroxylation is 1. The lowest BCUT2D eigenvalue weighted by Crippen LogP contribution is -1.97. The van der Waals surface area contributed by atoms with E-state index in [1.54, 1.807) is 6.20 Å². The molecule has 0 unspecified atom stereocenters. The molecule has 0 atom stereocenters. The van der Waals surface area contributed by atoms with E-state index in [0.717, 1.165) is 35.8 Å². The van der Waals surface area contributed by atoms with Crippen LogP contribution in [-0.2, 0) is 0 Å². The maximum Gasteiger partial charge on any atom is 0.199 e. The summed E-state index contributed by atoms with van der Waals surface area (Å²) in [5.74, 6) is 3.31. The van der Waals surface area contributed by atoms with Crippen molar-refractivity contribution in [2.24, 2.45) is 0 Å². The Kier molecular flexibility index (Phi) is 4.44. The number of oxazole rings is 1. The van der Waals surface area contributed by atoms with E-state index < -0.39 is 0 Å². The van der Waals surface area contributed by atoms with Gasteiger partial charge in [0.1, 0.15) is 22.4 Å². The monoisotopic (exact) mass is 352 g/mol. The average molecular weight is 352 g/mol. The summed E-state index contributed by atoms with van der Waals surface area (Å²) in [5.41, 5.74) is 1.86. The molecule has 0 aliphatic heterocycles. The molecule has 6 heteroatoms. The molecule has 4 rings (SSSR count). The van der Waals surface area contributed by atoms with Gasteiger partial charge in [-0.05, 0) is 49.6 Å². The van der Waals surface area contributed by atoms with Gasteiger partial charge in [0.2, 0.25) is 0 Å². The standard InChI is InChI=1S/C19H20N4OS/c1-12-9-10-20-16(11-12)22-15-8-4-7-14(21-15)17-19(25)23-18(24-17)13-5-2-3-6-13/h4,7-11,13,25H,2-3,5-6H2,1H3,(H,20,21,22). The number of nitrogens with zero attached hydrogens (tertiary/aromatic N) is 3. The zero-order valence-electron chi connectivity index (χ0n) is 14.1. The highest BCUT2D eigenvalue weighted by Crippen LogP contribution is 2.37. The van der Waals surface area contributed by atoms with Crippen LogP contribution in [-0.4, -0.2) is 15.0 Å². The SMILES string of the molecule is Cc1ccnc(Nc2cccc(-c3oc(C4CCCC4)nc3S)n2)c1. The zero-order chi connectivity index (χ0) is 17.2. The first-order valence-corrected chi connectivity index (χ1v) is 9.00. The highest BCUT2D eigenvalue weighted by atomic mass is 32.1. The molecule has 1 aliphatic carbocycles. The molecule has 1 N–H and O–H groups in total. The number of thiol groups is 1. The van der Waals surface area contributed by atoms with Crippen LogP contribution in [0.3, 0.4) is 0 Å². The minimum absolute atomic E-state index is 0.414. The smallest absolute Gasteiger partial charge is 0.199 e. The summed E-state index contributed by atoms with van der Waals surface area (Å²) in [6.07, 6.45) is 6.54. The largest absolute Gasteiger partial charge is 0.438 e. The van der Waals surface area contributed by atoms with Crippen molar-refractivity contribution in [3.63, 3.8) is 0 Å². The minimum atomic E-state index is 0.414. The molecule has 25 heavy (non-hydrogen) atoms. The van der Waals surface area contributed by atoms with Crippen molar-refractivity contribution in [1.29, 1.82) is 0 Å². The summed E-state index contributed by atoms with van der Waals surface area (Å²) in [5, 5.41) is 3.82. The van der Waals surface area contributed by atoms with Gasteiger partial charge in [-0.3, -0.25) is 0 Å². The Bertz CT molecular complexity index is 887. The highest BCUT2D eigenvalue weighted by Gasteiger charge is 2.24. The maximum absolute atomic E-state index is 6.02. The van der Waals surface area contributed by atoms with Crippen molar-refractivity contribution in [3.8, 4) is 11.5 Å². The molecule has 5 nitrogen and oxygen atoms in total. The summed E-state index contributed by atoms with van der Waals surface area (Å²) in [6.45, 7) is 2.03.